The van der Waals surface area contributed by atoms with Gasteiger partial charge in [-0.1, -0.05) is 32.1 Å². The second-order valence-electron chi connectivity index (χ2n) is 2.95. The summed E-state index contributed by atoms with van der Waals surface area (Å²) in [5.41, 5.74) is 2.79. The Labute approximate surface area is 76.7 Å². The van der Waals surface area contributed by atoms with Gasteiger partial charge in [0.1, 0.15) is 0 Å². The van der Waals surface area contributed by atoms with Gasteiger partial charge in [0.2, 0.25) is 0 Å². The monoisotopic (exact) mass is 164 g/mol. The Balaban J connectivity index is 3.04. The third-order valence-electron chi connectivity index (χ3n) is 1.74. The van der Waals surface area contributed by atoms with Crippen molar-refractivity contribution >= 4 is 0 Å². The smallest absolute Gasteiger partial charge is 0.0274 e. The Morgan fingerprint density at radius 1 is 1.08 bits per heavy atom. The number of unbranched alkanes of at least 4 members (excludes halogenated alkanes) is 4. The van der Waals surface area contributed by atoms with Gasteiger partial charge in [-0.2, -0.15) is 0 Å². The summed E-state index contributed by atoms with van der Waals surface area (Å²) in [6, 6.07) is 0. The molecule has 0 unspecified atom stereocenters. The standard InChI is InChI=1S/C12H20/c1-3-5-7-9-11-12-10-8-6-4-2/h5,8,10H,1,4,6-7,9,11-12H2,2H3. The lowest BCUT2D eigenvalue weighted by Crippen LogP contribution is -1.71. The van der Waals surface area contributed by atoms with Crippen molar-refractivity contribution in [3.63, 3.8) is 0 Å². The minimum atomic E-state index is 1.13. The normalized spacial score (nSPS) is 10.1. The lowest BCUT2D eigenvalue weighted by molar-refractivity contribution is 0.760. The van der Waals surface area contributed by atoms with Crippen molar-refractivity contribution in [3.8, 4) is 0 Å². The summed E-state index contributed by atoms with van der Waals surface area (Å²) in [6.45, 7) is 5.73. The minimum Gasteiger partial charge on any atom is -0.133 e. The Kier molecular flexibility index (Phi) is 9.63. The molecular formula is C12H20. The molecule has 68 valence electrons. The van der Waals surface area contributed by atoms with Crippen LogP contribution in [0.5, 0.6) is 0 Å². The lowest BCUT2D eigenvalue weighted by Gasteiger charge is -1.91. The summed E-state index contributed by atoms with van der Waals surface area (Å²) < 4.78 is 0. The predicted molar refractivity (Wildman–Crippen MR) is 56.2 cm³/mol. The number of rotatable bonds is 7. The third kappa shape index (κ3) is 9.26. The van der Waals surface area contributed by atoms with Crippen molar-refractivity contribution in [1.29, 1.82) is 0 Å². The quantitative estimate of drug-likeness (QED) is 0.300. The highest BCUT2D eigenvalue weighted by atomic mass is 13.9. The Morgan fingerprint density at radius 2 is 1.75 bits per heavy atom. The van der Waals surface area contributed by atoms with Crippen LogP contribution in [0, 0.1) is 0 Å². The Morgan fingerprint density at radius 3 is 2.42 bits per heavy atom. The zero-order valence-corrected chi connectivity index (χ0v) is 8.18. The lowest BCUT2D eigenvalue weighted by atomic mass is 10.2. The van der Waals surface area contributed by atoms with E-state index in [-0.39, 0.29) is 0 Å². The molecular weight excluding hydrogens is 144 g/mol. The Bertz CT molecular complexity index is 147. The minimum absolute atomic E-state index is 1.13. The van der Waals surface area contributed by atoms with Crippen molar-refractivity contribution in [2.45, 2.75) is 45.4 Å². The SMILES string of the molecule is C=C=CCCCCC=CCCC. The van der Waals surface area contributed by atoms with E-state index in [0.29, 0.717) is 0 Å². The molecule has 0 saturated heterocycles. The van der Waals surface area contributed by atoms with Crippen molar-refractivity contribution < 1.29 is 0 Å². The van der Waals surface area contributed by atoms with E-state index < -0.39 is 0 Å². The predicted octanol–water partition coefficient (Wildman–Crippen LogP) is 4.24. The molecule has 0 aromatic rings. The van der Waals surface area contributed by atoms with Crippen LogP contribution in [0.25, 0.3) is 0 Å². The van der Waals surface area contributed by atoms with Crippen LogP contribution in [0.3, 0.4) is 0 Å². The summed E-state index contributed by atoms with van der Waals surface area (Å²) in [5, 5.41) is 0. The maximum atomic E-state index is 3.52. The summed E-state index contributed by atoms with van der Waals surface area (Å²) in [5.74, 6) is 0. The van der Waals surface area contributed by atoms with E-state index in [2.05, 4.69) is 31.4 Å². The van der Waals surface area contributed by atoms with Crippen LogP contribution < -0.4 is 0 Å². The summed E-state index contributed by atoms with van der Waals surface area (Å²) in [7, 11) is 0. The molecule has 0 aliphatic heterocycles. The molecule has 0 nitrogen and oxygen atoms in total. The van der Waals surface area contributed by atoms with Crippen molar-refractivity contribution in [2.75, 3.05) is 0 Å². The second-order valence-corrected chi connectivity index (χ2v) is 2.95. The van der Waals surface area contributed by atoms with Crippen LogP contribution in [0.15, 0.2) is 30.5 Å². The molecule has 0 atom stereocenters. The third-order valence-corrected chi connectivity index (χ3v) is 1.74. The van der Waals surface area contributed by atoms with Crippen LogP contribution in [0.2, 0.25) is 0 Å². The second kappa shape index (κ2) is 10.3. The van der Waals surface area contributed by atoms with Crippen LogP contribution in [0.1, 0.15) is 45.4 Å². The molecule has 0 fully saturated rings. The van der Waals surface area contributed by atoms with Gasteiger partial charge in [-0.25, -0.2) is 0 Å². The molecule has 0 N–H and O–H groups in total. The molecule has 0 aliphatic carbocycles. The van der Waals surface area contributed by atoms with E-state index in [0.717, 1.165) is 6.42 Å². The first-order chi connectivity index (χ1) is 5.91. The molecule has 0 radical (unpaired) electrons. The molecule has 0 bridgehead atoms. The summed E-state index contributed by atoms with van der Waals surface area (Å²) >= 11 is 0. The highest BCUT2D eigenvalue weighted by Gasteiger charge is 1.82. The van der Waals surface area contributed by atoms with E-state index in [1.54, 1.807) is 0 Å². The Hall–Kier alpha value is -0.740. The van der Waals surface area contributed by atoms with Crippen LogP contribution in [-0.2, 0) is 0 Å². The molecule has 0 amide bonds. The maximum Gasteiger partial charge on any atom is -0.0274 e. The van der Waals surface area contributed by atoms with Crippen LogP contribution in [-0.4, -0.2) is 0 Å². The average Bonchev–Trinajstić information content (AvgIpc) is 2.10. The zero-order valence-electron chi connectivity index (χ0n) is 8.18. The summed E-state index contributed by atoms with van der Waals surface area (Å²) in [6.07, 6.45) is 14.0. The van der Waals surface area contributed by atoms with Crippen LogP contribution >= 0.6 is 0 Å². The van der Waals surface area contributed by atoms with Gasteiger partial charge >= 0.3 is 0 Å². The van der Waals surface area contributed by atoms with Crippen molar-refractivity contribution in [2.24, 2.45) is 0 Å². The van der Waals surface area contributed by atoms with Gasteiger partial charge in [0.05, 0.1) is 0 Å². The molecule has 0 rings (SSSR count). The average molecular weight is 164 g/mol. The molecule has 0 heteroatoms. The van der Waals surface area contributed by atoms with E-state index in [1.165, 1.54) is 32.1 Å². The first-order valence-electron chi connectivity index (χ1n) is 4.91. The summed E-state index contributed by atoms with van der Waals surface area (Å²) in [4.78, 5) is 0. The largest absolute Gasteiger partial charge is 0.133 e. The first kappa shape index (κ1) is 11.3. The molecule has 0 heterocycles. The number of hydrogen-bond acceptors (Lipinski definition) is 0. The van der Waals surface area contributed by atoms with Gasteiger partial charge in [0, 0.05) is 0 Å². The number of hydrogen-bond donors (Lipinski definition) is 0. The molecule has 0 saturated carbocycles. The fraction of sp³-hybridized carbons (Fsp3) is 0.583. The zero-order chi connectivity index (χ0) is 9.07. The van der Waals surface area contributed by atoms with E-state index in [1.807, 2.05) is 6.08 Å². The maximum absolute atomic E-state index is 3.52. The first-order valence-corrected chi connectivity index (χ1v) is 4.91. The molecule has 0 spiro atoms. The number of allylic oxidation sites excluding steroid dienone is 3. The van der Waals surface area contributed by atoms with Gasteiger partial charge in [-0.3, -0.25) is 0 Å². The van der Waals surface area contributed by atoms with Crippen molar-refractivity contribution in [1.82, 2.24) is 0 Å². The van der Waals surface area contributed by atoms with E-state index in [9.17, 15) is 0 Å². The fourth-order valence-electron chi connectivity index (χ4n) is 1.01. The molecule has 0 aromatic heterocycles. The fourth-order valence-corrected chi connectivity index (χ4v) is 1.01. The van der Waals surface area contributed by atoms with Gasteiger partial charge in [-0.15, -0.1) is 5.73 Å². The highest BCUT2D eigenvalue weighted by Crippen LogP contribution is 2.01. The van der Waals surface area contributed by atoms with Gasteiger partial charge < -0.3 is 0 Å². The highest BCUT2D eigenvalue weighted by molar-refractivity contribution is 4.81. The molecule has 0 aliphatic rings. The van der Waals surface area contributed by atoms with Crippen molar-refractivity contribution in [3.05, 3.63) is 30.5 Å². The van der Waals surface area contributed by atoms with E-state index in [4.69, 9.17) is 0 Å². The van der Waals surface area contributed by atoms with E-state index >= 15 is 0 Å². The van der Waals surface area contributed by atoms with Gasteiger partial charge in [0.15, 0.2) is 0 Å². The topological polar surface area (TPSA) is 0 Å². The van der Waals surface area contributed by atoms with Gasteiger partial charge in [0.25, 0.3) is 0 Å². The molecule has 12 heavy (non-hydrogen) atoms. The van der Waals surface area contributed by atoms with Gasteiger partial charge in [-0.05, 0) is 38.2 Å². The van der Waals surface area contributed by atoms with Crippen LogP contribution in [0.4, 0.5) is 0 Å². The molecule has 0 aromatic carbocycles.